The van der Waals surface area contributed by atoms with E-state index in [1.165, 1.54) is 5.56 Å². The number of rotatable bonds is 4. The van der Waals surface area contributed by atoms with Gasteiger partial charge in [0.25, 0.3) is 0 Å². The summed E-state index contributed by atoms with van der Waals surface area (Å²) >= 11 is 1.78. The van der Waals surface area contributed by atoms with Crippen LogP contribution < -0.4 is 10.1 Å². The number of anilines is 1. The maximum Gasteiger partial charge on any atom is 0.161 e. The van der Waals surface area contributed by atoms with Crippen molar-refractivity contribution in [3.05, 3.63) is 60.2 Å². The summed E-state index contributed by atoms with van der Waals surface area (Å²) in [7, 11) is 0. The average molecular weight is 298 g/mol. The van der Waals surface area contributed by atoms with Crippen molar-refractivity contribution in [1.29, 1.82) is 0 Å². The van der Waals surface area contributed by atoms with Gasteiger partial charge in [0.15, 0.2) is 5.17 Å². The SMILES string of the molecule is CCOc1cccc(NC2=NCC(c3ccccc3)S2)c1. The molecule has 0 spiro atoms. The normalized spacial score (nSPS) is 17.4. The molecule has 1 unspecified atom stereocenters. The third kappa shape index (κ3) is 3.58. The molecule has 108 valence electrons. The molecule has 4 heteroatoms. The maximum atomic E-state index is 5.51. The summed E-state index contributed by atoms with van der Waals surface area (Å²) in [6, 6.07) is 18.5. The van der Waals surface area contributed by atoms with Gasteiger partial charge < -0.3 is 10.1 Å². The van der Waals surface area contributed by atoms with Crippen molar-refractivity contribution < 1.29 is 4.74 Å². The molecule has 3 rings (SSSR count). The first-order valence-electron chi connectivity index (χ1n) is 7.11. The van der Waals surface area contributed by atoms with Gasteiger partial charge in [0.2, 0.25) is 0 Å². The van der Waals surface area contributed by atoms with E-state index < -0.39 is 0 Å². The van der Waals surface area contributed by atoms with E-state index in [-0.39, 0.29) is 0 Å². The van der Waals surface area contributed by atoms with Gasteiger partial charge in [0.05, 0.1) is 18.4 Å². The topological polar surface area (TPSA) is 33.6 Å². The second-order valence-corrected chi connectivity index (χ2v) is 5.94. The van der Waals surface area contributed by atoms with Crippen molar-refractivity contribution in [1.82, 2.24) is 0 Å². The highest BCUT2D eigenvalue weighted by molar-refractivity contribution is 8.14. The van der Waals surface area contributed by atoms with Crippen molar-refractivity contribution in [3.63, 3.8) is 0 Å². The Bertz CT molecular complexity index is 628. The number of nitrogens with zero attached hydrogens (tertiary/aromatic N) is 1. The molecule has 3 nitrogen and oxygen atoms in total. The number of thioether (sulfide) groups is 1. The van der Waals surface area contributed by atoms with Crippen molar-refractivity contribution in [2.75, 3.05) is 18.5 Å². The first-order chi connectivity index (χ1) is 10.3. The monoisotopic (exact) mass is 298 g/mol. The summed E-state index contributed by atoms with van der Waals surface area (Å²) in [4.78, 5) is 4.59. The third-order valence-corrected chi connectivity index (χ3v) is 4.38. The van der Waals surface area contributed by atoms with Crippen molar-refractivity contribution in [2.45, 2.75) is 12.2 Å². The summed E-state index contributed by atoms with van der Waals surface area (Å²) in [6.07, 6.45) is 0. The second-order valence-electron chi connectivity index (χ2n) is 4.75. The van der Waals surface area contributed by atoms with Crippen LogP contribution in [0, 0.1) is 0 Å². The van der Waals surface area contributed by atoms with Gasteiger partial charge in [-0.15, -0.1) is 0 Å². The lowest BCUT2D eigenvalue weighted by atomic mass is 10.1. The Morgan fingerprint density at radius 3 is 2.86 bits per heavy atom. The molecular formula is C17H18N2OS. The molecular weight excluding hydrogens is 280 g/mol. The molecule has 0 aliphatic carbocycles. The fourth-order valence-corrected chi connectivity index (χ4v) is 3.28. The van der Waals surface area contributed by atoms with E-state index >= 15 is 0 Å². The van der Waals surface area contributed by atoms with E-state index in [2.05, 4.69) is 34.6 Å². The Balaban J connectivity index is 1.63. The molecule has 2 aromatic carbocycles. The molecule has 2 aromatic rings. The van der Waals surface area contributed by atoms with Gasteiger partial charge >= 0.3 is 0 Å². The van der Waals surface area contributed by atoms with Crippen LogP contribution >= 0.6 is 11.8 Å². The Morgan fingerprint density at radius 1 is 1.19 bits per heavy atom. The fraction of sp³-hybridized carbons (Fsp3) is 0.235. The van der Waals surface area contributed by atoms with Crippen molar-refractivity contribution in [3.8, 4) is 5.75 Å². The molecule has 0 saturated heterocycles. The number of aliphatic imine (C=N–C) groups is 1. The summed E-state index contributed by atoms with van der Waals surface area (Å²) in [5, 5.41) is 4.75. The lowest BCUT2D eigenvalue weighted by Gasteiger charge is -2.10. The van der Waals surface area contributed by atoms with E-state index in [4.69, 9.17) is 4.74 Å². The van der Waals surface area contributed by atoms with Gasteiger partial charge in [0.1, 0.15) is 5.75 Å². The first kappa shape index (κ1) is 14.0. The van der Waals surface area contributed by atoms with E-state index in [1.54, 1.807) is 11.8 Å². The van der Waals surface area contributed by atoms with Crippen molar-refractivity contribution in [2.24, 2.45) is 4.99 Å². The van der Waals surface area contributed by atoms with Crippen LogP contribution in [0.5, 0.6) is 5.75 Å². The molecule has 1 aliphatic rings. The lowest BCUT2D eigenvalue weighted by Crippen LogP contribution is -2.05. The van der Waals surface area contributed by atoms with Crippen LogP contribution in [0.4, 0.5) is 5.69 Å². The lowest BCUT2D eigenvalue weighted by molar-refractivity contribution is 0.340. The fourth-order valence-electron chi connectivity index (χ4n) is 2.24. The van der Waals surface area contributed by atoms with Gasteiger partial charge in [-0.25, -0.2) is 0 Å². The van der Waals surface area contributed by atoms with Gasteiger partial charge in [-0.1, -0.05) is 48.2 Å². The smallest absolute Gasteiger partial charge is 0.161 e. The maximum absolute atomic E-state index is 5.51. The van der Waals surface area contributed by atoms with E-state index in [0.717, 1.165) is 23.1 Å². The third-order valence-electron chi connectivity index (χ3n) is 3.22. The highest BCUT2D eigenvalue weighted by atomic mass is 32.2. The zero-order valence-electron chi connectivity index (χ0n) is 12.0. The molecule has 0 radical (unpaired) electrons. The molecule has 1 N–H and O–H groups in total. The quantitative estimate of drug-likeness (QED) is 0.911. The molecule has 1 atom stereocenters. The molecule has 1 heterocycles. The Hall–Kier alpha value is -1.94. The molecule has 0 bridgehead atoms. The number of benzene rings is 2. The van der Waals surface area contributed by atoms with E-state index in [1.807, 2.05) is 37.3 Å². The minimum Gasteiger partial charge on any atom is -0.494 e. The number of hydrogen-bond acceptors (Lipinski definition) is 4. The number of amidine groups is 1. The van der Waals surface area contributed by atoms with E-state index in [0.29, 0.717) is 11.9 Å². The minimum atomic E-state index is 0.406. The number of hydrogen-bond donors (Lipinski definition) is 1. The Morgan fingerprint density at radius 2 is 2.05 bits per heavy atom. The van der Waals surface area contributed by atoms with Gasteiger partial charge in [-0.2, -0.15) is 0 Å². The van der Waals surface area contributed by atoms with Crippen LogP contribution in [0.25, 0.3) is 0 Å². The molecule has 0 saturated carbocycles. The summed E-state index contributed by atoms with van der Waals surface area (Å²) in [5.74, 6) is 0.880. The number of nitrogens with one attached hydrogen (secondary N) is 1. The molecule has 0 aromatic heterocycles. The van der Waals surface area contributed by atoms with Crippen LogP contribution in [0.1, 0.15) is 17.7 Å². The molecule has 0 amide bonds. The Labute approximate surface area is 129 Å². The zero-order chi connectivity index (χ0) is 14.5. The first-order valence-corrected chi connectivity index (χ1v) is 7.99. The number of ether oxygens (including phenoxy) is 1. The van der Waals surface area contributed by atoms with E-state index in [9.17, 15) is 0 Å². The zero-order valence-corrected chi connectivity index (χ0v) is 12.8. The van der Waals surface area contributed by atoms with Crippen LogP contribution in [-0.2, 0) is 0 Å². The van der Waals surface area contributed by atoms with Crippen LogP contribution in [0.3, 0.4) is 0 Å². The minimum absolute atomic E-state index is 0.406. The average Bonchev–Trinajstić information content (AvgIpc) is 2.97. The van der Waals surface area contributed by atoms with Gasteiger partial charge in [0, 0.05) is 11.8 Å². The summed E-state index contributed by atoms with van der Waals surface area (Å²) in [6.45, 7) is 3.48. The second kappa shape index (κ2) is 6.68. The van der Waals surface area contributed by atoms with Gasteiger partial charge in [-0.05, 0) is 24.6 Å². The predicted octanol–water partition coefficient (Wildman–Crippen LogP) is 4.34. The molecule has 1 aliphatic heterocycles. The summed E-state index contributed by atoms with van der Waals surface area (Å²) < 4.78 is 5.51. The molecule has 0 fully saturated rings. The molecule has 21 heavy (non-hydrogen) atoms. The Kier molecular flexibility index (Phi) is 4.46. The highest BCUT2D eigenvalue weighted by Gasteiger charge is 2.21. The van der Waals surface area contributed by atoms with Crippen LogP contribution in [0.15, 0.2) is 59.6 Å². The standard InChI is InChI=1S/C17H18N2OS/c1-2-20-15-10-6-9-14(11-15)19-17-18-12-16(21-17)13-7-4-3-5-8-13/h3-11,16H,2,12H2,1H3,(H,18,19). The predicted molar refractivity (Wildman–Crippen MR) is 90.3 cm³/mol. The highest BCUT2D eigenvalue weighted by Crippen LogP contribution is 2.35. The van der Waals surface area contributed by atoms with Crippen LogP contribution in [-0.4, -0.2) is 18.3 Å². The van der Waals surface area contributed by atoms with Crippen molar-refractivity contribution >= 4 is 22.6 Å². The van der Waals surface area contributed by atoms with Gasteiger partial charge in [-0.3, -0.25) is 4.99 Å². The van der Waals surface area contributed by atoms with Crippen LogP contribution in [0.2, 0.25) is 0 Å². The summed E-state index contributed by atoms with van der Waals surface area (Å²) in [5.41, 5.74) is 2.34. The largest absolute Gasteiger partial charge is 0.494 e.